The molecule has 0 saturated carbocycles. The summed E-state index contributed by atoms with van der Waals surface area (Å²) in [6, 6.07) is 5.30. The molecule has 1 aromatic carbocycles. The quantitative estimate of drug-likeness (QED) is 0.656. The largest absolute Gasteiger partial charge is 0.253 e. The predicted octanol–water partition coefficient (Wildman–Crippen LogP) is 3.71. The maximum absolute atomic E-state index is 14.2. The molecule has 1 aliphatic rings. The van der Waals surface area contributed by atoms with Crippen molar-refractivity contribution in [2.45, 2.75) is 39.3 Å². The summed E-state index contributed by atoms with van der Waals surface area (Å²) in [5.74, 6) is 0.434. The summed E-state index contributed by atoms with van der Waals surface area (Å²) in [5, 5.41) is 13.6. The predicted molar refractivity (Wildman–Crippen MR) is 98.6 cm³/mol. The highest BCUT2D eigenvalue weighted by atomic mass is 79.9. The number of nitrogens with one attached hydrogen (secondary N) is 2. The molecule has 2 aromatic heterocycles. The molecule has 2 unspecified atom stereocenters. The van der Waals surface area contributed by atoms with Crippen LogP contribution in [0.4, 0.5) is 4.39 Å². The second kappa shape index (κ2) is 6.08. The molecule has 9 heteroatoms. The summed E-state index contributed by atoms with van der Waals surface area (Å²) in [4.78, 5) is 0.660. The summed E-state index contributed by atoms with van der Waals surface area (Å²) in [5.41, 5.74) is 7.22. The fourth-order valence-corrected chi connectivity index (χ4v) is 4.12. The van der Waals surface area contributed by atoms with E-state index in [1.165, 1.54) is 17.4 Å². The van der Waals surface area contributed by atoms with Gasteiger partial charge in [0.15, 0.2) is 10.8 Å². The van der Waals surface area contributed by atoms with Crippen LogP contribution in [0.5, 0.6) is 0 Å². The number of hydrogen-bond acceptors (Lipinski definition) is 6. The zero-order valence-electron chi connectivity index (χ0n) is 14.0. The van der Waals surface area contributed by atoms with Gasteiger partial charge < -0.3 is 0 Å². The number of hydrazine groups is 1. The van der Waals surface area contributed by atoms with E-state index in [1.807, 2.05) is 0 Å². The monoisotopic (exact) mass is 424 g/mol. The number of hydrogen-bond donors (Lipinski definition) is 2. The van der Waals surface area contributed by atoms with Crippen LogP contribution in [0, 0.1) is 11.2 Å². The number of aromatic nitrogens is 4. The summed E-state index contributed by atoms with van der Waals surface area (Å²) >= 11 is 4.61. The summed E-state index contributed by atoms with van der Waals surface area (Å²) in [7, 11) is 0. The number of nitrogens with zero attached hydrogens (tertiary/aromatic N) is 4. The van der Waals surface area contributed by atoms with E-state index < -0.39 is 0 Å². The summed E-state index contributed by atoms with van der Waals surface area (Å²) in [6.45, 7) is 6.60. The first-order valence-electron chi connectivity index (χ1n) is 8.01. The zero-order valence-corrected chi connectivity index (χ0v) is 16.4. The Hall–Kier alpha value is -1.42. The first-order valence-corrected chi connectivity index (χ1v) is 9.62. The topological polar surface area (TPSA) is 67.1 Å². The minimum absolute atomic E-state index is 0.0175. The van der Waals surface area contributed by atoms with Gasteiger partial charge in [0.2, 0.25) is 4.96 Å². The van der Waals surface area contributed by atoms with Crippen LogP contribution in [0.2, 0.25) is 0 Å². The van der Waals surface area contributed by atoms with Gasteiger partial charge in [-0.1, -0.05) is 48.0 Å². The molecular formula is C16H18BrFN6S. The Morgan fingerprint density at radius 1 is 1.28 bits per heavy atom. The number of halogens is 2. The highest BCUT2D eigenvalue weighted by molar-refractivity contribution is 9.10. The van der Waals surface area contributed by atoms with Crippen molar-refractivity contribution in [2.75, 3.05) is 0 Å². The normalized spacial score (nSPS) is 21.3. The van der Waals surface area contributed by atoms with Gasteiger partial charge in [0.25, 0.3) is 0 Å². The van der Waals surface area contributed by atoms with Crippen molar-refractivity contribution in [3.63, 3.8) is 0 Å². The van der Waals surface area contributed by atoms with E-state index in [-0.39, 0.29) is 17.3 Å². The Morgan fingerprint density at radius 2 is 2.08 bits per heavy atom. The molecule has 1 aliphatic heterocycles. The lowest BCUT2D eigenvalue weighted by Gasteiger charge is -2.25. The summed E-state index contributed by atoms with van der Waals surface area (Å²) < 4.78 is 16.6. The van der Waals surface area contributed by atoms with Gasteiger partial charge in [-0.2, -0.15) is 9.61 Å². The van der Waals surface area contributed by atoms with Gasteiger partial charge in [0.05, 0.1) is 6.04 Å². The highest BCUT2D eigenvalue weighted by Gasteiger charge is 2.35. The van der Waals surface area contributed by atoms with Crippen molar-refractivity contribution in [2.24, 2.45) is 5.41 Å². The number of rotatable bonds is 2. The van der Waals surface area contributed by atoms with Gasteiger partial charge in [0.1, 0.15) is 5.82 Å². The average molecular weight is 425 g/mol. The van der Waals surface area contributed by atoms with E-state index in [2.05, 4.69) is 62.8 Å². The molecular weight excluding hydrogens is 407 g/mol. The van der Waals surface area contributed by atoms with Crippen molar-refractivity contribution in [3.8, 4) is 10.6 Å². The number of fused-ring (bicyclic) bond motifs is 1. The fourth-order valence-electron chi connectivity index (χ4n) is 2.92. The smallest absolute Gasteiger partial charge is 0.235 e. The van der Waals surface area contributed by atoms with Crippen LogP contribution in [0.15, 0.2) is 22.7 Å². The van der Waals surface area contributed by atoms with E-state index in [4.69, 9.17) is 0 Å². The molecule has 3 aromatic rings. The molecule has 2 atom stereocenters. The van der Waals surface area contributed by atoms with Gasteiger partial charge in [-0.15, -0.1) is 10.2 Å². The van der Waals surface area contributed by atoms with Crippen LogP contribution in [0.1, 0.15) is 39.1 Å². The Bertz CT molecular complexity index is 930. The second-order valence-corrected chi connectivity index (χ2v) is 9.15. The Labute approximate surface area is 156 Å². The molecule has 0 radical (unpaired) electrons. The summed E-state index contributed by atoms with van der Waals surface area (Å²) in [6.07, 6.45) is 0.893. The highest BCUT2D eigenvalue weighted by Crippen LogP contribution is 2.33. The van der Waals surface area contributed by atoms with Crippen molar-refractivity contribution in [1.82, 2.24) is 30.7 Å². The van der Waals surface area contributed by atoms with Crippen molar-refractivity contribution in [3.05, 3.63) is 34.3 Å². The molecule has 3 heterocycles. The van der Waals surface area contributed by atoms with E-state index in [1.54, 1.807) is 16.6 Å². The van der Waals surface area contributed by atoms with E-state index >= 15 is 0 Å². The molecule has 132 valence electrons. The SMILES string of the molecule is CC(C)(C)C1CC(c2nnc3sc(-c4ccc(Br)cc4F)nn23)NN1. The van der Waals surface area contributed by atoms with Crippen LogP contribution < -0.4 is 10.9 Å². The lowest BCUT2D eigenvalue weighted by atomic mass is 9.84. The van der Waals surface area contributed by atoms with E-state index in [0.717, 1.165) is 12.2 Å². The van der Waals surface area contributed by atoms with Crippen LogP contribution in [0.3, 0.4) is 0 Å². The van der Waals surface area contributed by atoms with Crippen LogP contribution >= 0.6 is 27.3 Å². The minimum Gasteiger partial charge on any atom is -0.253 e. The first kappa shape index (κ1) is 17.0. The lowest BCUT2D eigenvalue weighted by Crippen LogP contribution is -2.39. The van der Waals surface area contributed by atoms with Gasteiger partial charge in [-0.05, 0) is 30.0 Å². The maximum atomic E-state index is 14.2. The van der Waals surface area contributed by atoms with Crippen molar-refractivity contribution in [1.29, 1.82) is 0 Å². The van der Waals surface area contributed by atoms with Crippen molar-refractivity contribution >= 4 is 32.2 Å². The lowest BCUT2D eigenvalue weighted by molar-refractivity contribution is 0.285. The molecule has 0 amide bonds. The van der Waals surface area contributed by atoms with E-state index in [9.17, 15) is 4.39 Å². The van der Waals surface area contributed by atoms with Gasteiger partial charge in [0, 0.05) is 16.1 Å². The first-order chi connectivity index (χ1) is 11.8. The van der Waals surface area contributed by atoms with E-state index in [0.29, 0.717) is 26.0 Å². The zero-order chi connectivity index (χ0) is 17.8. The molecule has 1 fully saturated rings. The third-order valence-electron chi connectivity index (χ3n) is 4.44. The standard InChI is InChI=1S/C16H18BrFN6S/c1-16(2,3)12-7-11(19-20-12)13-21-22-15-24(13)23-14(25-15)9-5-4-8(17)6-10(9)18/h4-6,11-12,19-20H,7H2,1-3H3. The average Bonchev–Trinajstić information content (AvgIpc) is 3.20. The molecule has 4 rings (SSSR count). The molecule has 0 spiro atoms. The Balaban J connectivity index is 1.68. The Kier molecular flexibility index (Phi) is 4.14. The third kappa shape index (κ3) is 3.10. The van der Waals surface area contributed by atoms with Crippen LogP contribution in [-0.2, 0) is 0 Å². The maximum Gasteiger partial charge on any atom is 0.235 e. The van der Waals surface area contributed by atoms with Crippen LogP contribution in [0.25, 0.3) is 15.5 Å². The Morgan fingerprint density at radius 3 is 2.76 bits per heavy atom. The molecule has 2 N–H and O–H groups in total. The number of benzene rings is 1. The molecule has 0 bridgehead atoms. The van der Waals surface area contributed by atoms with Gasteiger partial charge in [-0.3, -0.25) is 5.43 Å². The fraction of sp³-hybridized carbons (Fsp3) is 0.438. The third-order valence-corrected chi connectivity index (χ3v) is 5.86. The minimum atomic E-state index is -0.311. The molecule has 25 heavy (non-hydrogen) atoms. The van der Waals surface area contributed by atoms with Crippen LogP contribution in [-0.4, -0.2) is 25.9 Å². The van der Waals surface area contributed by atoms with Gasteiger partial charge in [-0.25, -0.2) is 9.82 Å². The molecule has 1 saturated heterocycles. The molecule has 6 nitrogen and oxygen atoms in total. The van der Waals surface area contributed by atoms with Gasteiger partial charge >= 0.3 is 0 Å². The van der Waals surface area contributed by atoms with Crippen molar-refractivity contribution < 1.29 is 4.39 Å². The molecule has 0 aliphatic carbocycles. The second-order valence-electron chi connectivity index (χ2n) is 7.28.